The molecule has 1 unspecified atom stereocenters. The van der Waals surface area contributed by atoms with E-state index in [9.17, 15) is 4.79 Å². The molecule has 9 nitrogen and oxygen atoms in total. The summed E-state index contributed by atoms with van der Waals surface area (Å²) in [6.07, 6.45) is 7.01. The summed E-state index contributed by atoms with van der Waals surface area (Å²) in [4.78, 5) is 33.2. The lowest BCUT2D eigenvalue weighted by atomic mass is 10.1. The highest BCUT2D eigenvalue weighted by atomic mass is 32.1. The Kier molecular flexibility index (Phi) is 6.48. The number of hydrogen-bond acceptors (Lipinski definition) is 8. The van der Waals surface area contributed by atoms with Gasteiger partial charge < -0.3 is 20.9 Å². The number of urea groups is 1. The van der Waals surface area contributed by atoms with E-state index >= 15 is 0 Å². The Balaban J connectivity index is 1.48. The fourth-order valence-electron chi connectivity index (χ4n) is 4.70. The summed E-state index contributed by atoms with van der Waals surface area (Å²) in [5.74, 6) is 1.92. The molecule has 192 valence electrons. The van der Waals surface area contributed by atoms with Crippen molar-refractivity contribution in [3.63, 3.8) is 0 Å². The van der Waals surface area contributed by atoms with Crippen LogP contribution < -0.4 is 16.0 Å². The van der Waals surface area contributed by atoms with Crippen LogP contribution >= 0.6 is 11.3 Å². The molecule has 2 atom stereocenters. The number of hydrogen-bond donors (Lipinski definition) is 3. The third-order valence-corrected chi connectivity index (χ3v) is 7.64. The maximum atomic E-state index is 12.1. The van der Waals surface area contributed by atoms with Gasteiger partial charge in [-0.25, -0.2) is 14.8 Å². The lowest BCUT2D eigenvalue weighted by Gasteiger charge is -2.23. The van der Waals surface area contributed by atoms with Gasteiger partial charge in [0.2, 0.25) is 5.95 Å². The molecule has 2 aliphatic carbocycles. The zero-order valence-electron chi connectivity index (χ0n) is 22.0. The first-order chi connectivity index (χ1) is 17.1. The quantitative estimate of drug-likeness (QED) is 0.423. The smallest absolute Gasteiger partial charge is 0.317 e. The van der Waals surface area contributed by atoms with Gasteiger partial charge in [0.05, 0.1) is 21.7 Å². The molecule has 0 saturated heterocycles. The number of rotatable bonds is 6. The van der Waals surface area contributed by atoms with Crippen LogP contribution in [0.5, 0.6) is 0 Å². The predicted molar refractivity (Wildman–Crippen MR) is 146 cm³/mol. The normalized spacial score (nSPS) is 19.9. The minimum Gasteiger partial charge on any atom is -0.366 e. The van der Waals surface area contributed by atoms with Gasteiger partial charge in [-0.05, 0) is 65.9 Å². The third kappa shape index (κ3) is 5.38. The summed E-state index contributed by atoms with van der Waals surface area (Å²) < 4.78 is 1.15. The van der Waals surface area contributed by atoms with E-state index in [0.717, 1.165) is 57.3 Å². The summed E-state index contributed by atoms with van der Waals surface area (Å²) in [6.45, 7) is 8.32. The lowest BCUT2D eigenvalue weighted by Crippen LogP contribution is -2.40. The fourth-order valence-corrected chi connectivity index (χ4v) is 5.77. The monoisotopic (exact) mass is 508 g/mol. The largest absolute Gasteiger partial charge is 0.366 e. The molecule has 0 bridgehead atoms. The number of carbonyl (C=O) groups excluding carboxylic acids is 1. The average Bonchev–Trinajstić information content (AvgIpc) is 3.39. The van der Waals surface area contributed by atoms with Crippen LogP contribution in [0.1, 0.15) is 70.2 Å². The van der Waals surface area contributed by atoms with Crippen LogP contribution in [0.4, 0.5) is 16.6 Å². The van der Waals surface area contributed by atoms with Gasteiger partial charge in [0.1, 0.15) is 16.3 Å². The van der Waals surface area contributed by atoms with Crippen LogP contribution in [-0.4, -0.2) is 62.6 Å². The Morgan fingerprint density at radius 3 is 2.53 bits per heavy atom. The number of thiazole rings is 1. The van der Waals surface area contributed by atoms with E-state index in [1.165, 1.54) is 12.8 Å². The molecule has 5 rings (SSSR count). The van der Waals surface area contributed by atoms with Crippen molar-refractivity contribution in [3.8, 4) is 10.6 Å². The number of fused-ring (bicyclic) bond motifs is 1. The Labute approximate surface area is 216 Å². The van der Waals surface area contributed by atoms with Crippen LogP contribution in [0.2, 0.25) is 0 Å². The minimum absolute atomic E-state index is 0.0505. The first-order valence-electron chi connectivity index (χ1n) is 12.7. The molecule has 3 N–H and O–H groups in total. The van der Waals surface area contributed by atoms with Crippen molar-refractivity contribution in [2.24, 2.45) is 0 Å². The van der Waals surface area contributed by atoms with Gasteiger partial charge in [-0.15, -0.1) is 11.3 Å². The van der Waals surface area contributed by atoms with Crippen molar-refractivity contribution in [3.05, 3.63) is 23.7 Å². The first kappa shape index (κ1) is 24.7. The number of nitrogens with zero attached hydrogens (tertiary/aromatic N) is 5. The molecule has 2 amide bonds. The molecule has 3 aromatic rings. The van der Waals surface area contributed by atoms with E-state index in [2.05, 4.69) is 47.8 Å². The second-order valence-electron chi connectivity index (χ2n) is 11.3. The van der Waals surface area contributed by atoms with Crippen LogP contribution in [0.25, 0.3) is 20.8 Å². The van der Waals surface area contributed by atoms with Gasteiger partial charge in [0.25, 0.3) is 0 Å². The molecule has 2 aliphatic rings. The highest BCUT2D eigenvalue weighted by molar-refractivity contribution is 7.21. The third-order valence-electron chi connectivity index (χ3n) is 6.60. The van der Waals surface area contributed by atoms with Crippen LogP contribution in [0.15, 0.2) is 12.3 Å². The molecule has 0 spiro atoms. The van der Waals surface area contributed by atoms with E-state index < -0.39 is 0 Å². The van der Waals surface area contributed by atoms with Crippen LogP contribution in [0.3, 0.4) is 0 Å². The Morgan fingerprint density at radius 2 is 1.83 bits per heavy atom. The number of anilines is 2. The van der Waals surface area contributed by atoms with Crippen molar-refractivity contribution in [1.29, 1.82) is 0 Å². The van der Waals surface area contributed by atoms with Gasteiger partial charge in [0.15, 0.2) is 0 Å². The molecule has 10 heteroatoms. The van der Waals surface area contributed by atoms with Crippen molar-refractivity contribution < 1.29 is 4.79 Å². The first-order valence-corrected chi connectivity index (χ1v) is 13.6. The van der Waals surface area contributed by atoms with E-state index in [1.54, 1.807) is 30.3 Å². The number of amides is 2. The second-order valence-corrected chi connectivity index (χ2v) is 12.3. The van der Waals surface area contributed by atoms with E-state index in [1.807, 2.05) is 13.1 Å². The molecule has 0 aliphatic heterocycles. The fraction of sp³-hybridized carbons (Fsp3) is 0.577. The summed E-state index contributed by atoms with van der Waals surface area (Å²) in [5, 5.41) is 11.2. The summed E-state index contributed by atoms with van der Waals surface area (Å²) in [7, 11) is 3.53. The summed E-state index contributed by atoms with van der Waals surface area (Å²) in [6, 6.07) is 2.35. The summed E-state index contributed by atoms with van der Waals surface area (Å²) >= 11 is 1.67. The van der Waals surface area contributed by atoms with Crippen molar-refractivity contribution >= 4 is 39.4 Å². The standard InChI is InChI=1S/C26H36N8OS/c1-14-19(23-31-21-18(36-23)11-12-27-20(21)15-7-8-15)22(32-24(28-14)33-26(2,3)4)29-16-9-10-17(13-16)30-25(35)34(5)6/h11-12,15-17H,7-10,13H2,1-6H3,(H,30,35)(H2,28,29,32,33)/t16?,17-/m0/s1. The highest BCUT2D eigenvalue weighted by Crippen LogP contribution is 2.44. The van der Waals surface area contributed by atoms with E-state index in [0.29, 0.717) is 11.9 Å². The lowest BCUT2D eigenvalue weighted by molar-refractivity contribution is 0.213. The van der Waals surface area contributed by atoms with Gasteiger partial charge in [-0.2, -0.15) is 4.98 Å². The van der Waals surface area contributed by atoms with Crippen LogP contribution in [0, 0.1) is 6.92 Å². The van der Waals surface area contributed by atoms with E-state index in [-0.39, 0.29) is 23.7 Å². The highest BCUT2D eigenvalue weighted by Gasteiger charge is 2.31. The average molecular weight is 509 g/mol. The molecular formula is C26H36N8OS. The van der Waals surface area contributed by atoms with Crippen molar-refractivity contribution in [2.45, 2.75) is 83.3 Å². The maximum Gasteiger partial charge on any atom is 0.317 e. The van der Waals surface area contributed by atoms with Gasteiger partial charge in [0, 0.05) is 43.8 Å². The Morgan fingerprint density at radius 1 is 1.08 bits per heavy atom. The number of aromatic nitrogens is 4. The number of nitrogens with one attached hydrogen (secondary N) is 3. The zero-order valence-corrected chi connectivity index (χ0v) is 22.8. The van der Waals surface area contributed by atoms with Crippen LogP contribution in [-0.2, 0) is 0 Å². The molecule has 36 heavy (non-hydrogen) atoms. The Bertz CT molecular complexity index is 1280. The Hall–Kier alpha value is -3.01. The van der Waals surface area contributed by atoms with E-state index in [4.69, 9.17) is 15.0 Å². The van der Waals surface area contributed by atoms with Gasteiger partial charge in [-0.3, -0.25) is 4.98 Å². The van der Waals surface area contributed by atoms with Crippen molar-refractivity contribution in [1.82, 2.24) is 30.2 Å². The molecule has 3 aromatic heterocycles. The number of pyridine rings is 1. The SMILES string of the molecule is Cc1nc(NC(C)(C)C)nc(NC2CC[C@H](NC(=O)N(C)C)C2)c1-c1nc2c(C3CC3)nccc2s1. The van der Waals surface area contributed by atoms with Gasteiger partial charge in [-0.1, -0.05) is 0 Å². The number of carbonyl (C=O) groups is 1. The summed E-state index contributed by atoms with van der Waals surface area (Å²) in [5.41, 5.74) is 3.78. The van der Waals surface area contributed by atoms with Crippen molar-refractivity contribution in [2.75, 3.05) is 24.7 Å². The van der Waals surface area contributed by atoms with Gasteiger partial charge >= 0.3 is 6.03 Å². The second kappa shape index (κ2) is 9.46. The molecule has 2 fully saturated rings. The maximum absolute atomic E-state index is 12.1. The topological polar surface area (TPSA) is 108 Å². The molecular weight excluding hydrogens is 472 g/mol. The molecule has 2 saturated carbocycles. The minimum atomic E-state index is -0.166. The molecule has 0 aromatic carbocycles. The zero-order chi connectivity index (χ0) is 25.6. The molecule has 0 radical (unpaired) electrons. The molecule has 3 heterocycles. The number of aryl methyl sites for hydroxylation is 1. The predicted octanol–water partition coefficient (Wildman–Crippen LogP) is 5.15.